The van der Waals surface area contributed by atoms with Gasteiger partial charge in [-0.3, -0.25) is 10.4 Å². The van der Waals surface area contributed by atoms with Crippen molar-refractivity contribution in [2.45, 2.75) is 6.92 Å². The Balaban J connectivity index is 2.78. The van der Waals surface area contributed by atoms with Crippen LogP contribution in [-0.4, -0.2) is 33.8 Å². The zero-order valence-electron chi connectivity index (χ0n) is 8.11. The van der Waals surface area contributed by atoms with Crippen molar-refractivity contribution in [2.75, 3.05) is 11.9 Å². The van der Waals surface area contributed by atoms with Gasteiger partial charge in [0.05, 0.1) is 11.8 Å². The molecule has 0 radical (unpaired) electrons. The Hall–Kier alpha value is -2.25. The third-order valence-corrected chi connectivity index (χ3v) is 1.60. The van der Waals surface area contributed by atoms with E-state index in [-0.39, 0.29) is 11.7 Å². The van der Waals surface area contributed by atoms with E-state index < -0.39 is 6.03 Å². The molecular weight excluding hydrogens is 200 g/mol. The fraction of sp³-hybridized carbons (Fsp3) is 0.286. The third kappa shape index (κ3) is 2.59. The number of aromatic nitrogens is 2. The first-order valence-electron chi connectivity index (χ1n) is 4.25. The molecule has 0 spiro atoms. The average Bonchev–Trinajstić information content (AvgIpc) is 2.65. The Morgan fingerprint density at radius 1 is 1.80 bits per heavy atom. The number of aromatic amines is 1. The largest absolute Gasteiger partial charge is 0.409 e. The number of H-pyrrole nitrogens is 1. The van der Waals surface area contributed by atoms with E-state index in [0.29, 0.717) is 12.1 Å². The molecule has 0 saturated heterocycles. The lowest BCUT2D eigenvalue weighted by atomic mass is 10.3. The first-order valence-corrected chi connectivity index (χ1v) is 4.25. The lowest BCUT2D eigenvalue weighted by molar-refractivity contribution is 0.252. The molecule has 1 rings (SSSR count). The molecule has 2 amide bonds. The molecule has 0 aliphatic heterocycles. The topological polar surface area (TPSA) is 128 Å². The van der Waals surface area contributed by atoms with E-state index >= 15 is 0 Å². The zero-order chi connectivity index (χ0) is 11.3. The number of rotatable bonds is 3. The van der Waals surface area contributed by atoms with Gasteiger partial charge >= 0.3 is 6.03 Å². The van der Waals surface area contributed by atoms with Crippen molar-refractivity contribution < 1.29 is 10.0 Å². The highest BCUT2D eigenvalue weighted by Crippen LogP contribution is 2.09. The fourth-order valence-electron chi connectivity index (χ4n) is 0.948. The van der Waals surface area contributed by atoms with Crippen LogP contribution in [0.25, 0.3) is 0 Å². The first-order chi connectivity index (χ1) is 7.19. The molecule has 0 aromatic carbocycles. The summed E-state index contributed by atoms with van der Waals surface area (Å²) in [5.74, 6) is 0.145. The van der Waals surface area contributed by atoms with Crippen LogP contribution in [0.3, 0.4) is 0 Å². The number of oxime groups is 1. The van der Waals surface area contributed by atoms with Gasteiger partial charge < -0.3 is 16.3 Å². The van der Waals surface area contributed by atoms with Gasteiger partial charge in [-0.25, -0.2) is 4.79 Å². The summed E-state index contributed by atoms with van der Waals surface area (Å²) < 4.78 is 0. The highest BCUT2D eigenvalue weighted by Gasteiger charge is 2.11. The lowest BCUT2D eigenvalue weighted by Crippen LogP contribution is -2.29. The Morgan fingerprint density at radius 2 is 2.53 bits per heavy atom. The number of carbonyl (C=O) groups excluding carboxylic acids is 1. The second-order valence-electron chi connectivity index (χ2n) is 2.63. The van der Waals surface area contributed by atoms with Crippen LogP contribution in [-0.2, 0) is 0 Å². The van der Waals surface area contributed by atoms with E-state index in [1.165, 1.54) is 6.20 Å². The Bertz CT molecular complexity index is 371. The molecular formula is C7H12N6O2. The van der Waals surface area contributed by atoms with Crippen LogP contribution in [0.5, 0.6) is 0 Å². The van der Waals surface area contributed by atoms with Crippen LogP contribution in [0.2, 0.25) is 0 Å². The maximum atomic E-state index is 11.2. The van der Waals surface area contributed by atoms with Crippen molar-refractivity contribution in [3.05, 3.63) is 11.8 Å². The molecule has 0 aliphatic carbocycles. The molecule has 6 N–H and O–H groups in total. The minimum atomic E-state index is -0.395. The van der Waals surface area contributed by atoms with Crippen LogP contribution in [0.1, 0.15) is 12.5 Å². The van der Waals surface area contributed by atoms with Gasteiger partial charge in [-0.15, -0.1) is 0 Å². The molecule has 0 atom stereocenters. The van der Waals surface area contributed by atoms with Crippen molar-refractivity contribution in [3.8, 4) is 0 Å². The van der Waals surface area contributed by atoms with Gasteiger partial charge in [0.2, 0.25) is 0 Å². The molecule has 1 heterocycles. The summed E-state index contributed by atoms with van der Waals surface area (Å²) in [6.45, 7) is 2.29. The monoisotopic (exact) mass is 212 g/mol. The van der Waals surface area contributed by atoms with Gasteiger partial charge in [0.1, 0.15) is 5.82 Å². The van der Waals surface area contributed by atoms with Gasteiger partial charge in [-0.2, -0.15) is 5.10 Å². The maximum absolute atomic E-state index is 11.2. The lowest BCUT2D eigenvalue weighted by Gasteiger charge is -2.04. The molecule has 1 aromatic heterocycles. The molecule has 15 heavy (non-hydrogen) atoms. The second-order valence-corrected chi connectivity index (χ2v) is 2.63. The molecule has 1 aromatic rings. The summed E-state index contributed by atoms with van der Waals surface area (Å²) in [6.07, 6.45) is 1.34. The highest BCUT2D eigenvalue weighted by molar-refractivity contribution is 6.04. The van der Waals surface area contributed by atoms with Gasteiger partial charge in [0.25, 0.3) is 0 Å². The van der Waals surface area contributed by atoms with Crippen LogP contribution >= 0.6 is 0 Å². The summed E-state index contributed by atoms with van der Waals surface area (Å²) in [7, 11) is 0. The third-order valence-electron chi connectivity index (χ3n) is 1.60. The van der Waals surface area contributed by atoms with E-state index in [2.05, 4.69) is 26.0 Å². The van der Waals surface area contributed by atoms with E-state index in [4.69, 9.17) is 10.9 Å². The minimum absolute atomic E-state index is 0.129. The number of nitrogens with zero attached hydrogens (tertiary/aromatic N) is 2. The van der Waals surface area contributed by atoms with Crippen LogP contribution < -0.4 is 16.4 Å². The van der Waals surface area contributed by atoms with Crippen LogP contribution in [0.4, 0.5) is 10.6 Å². The van der Waals surface area contributed by atoms with Crippen molar-refractivity contribution in [1.29, 1.82) is 0 Å². The minimum Gasteiger partial charge on any atom is -0.409 e. The van der Waals surface area contributed by atoms with Gasteiger partial charge in [-0.1, -0.05) is 5.16 Å². The van der Waals surface area contributed by atoms with Crippen molar-refractivity contribution in [2.24, 2.45) is 10.9 Å². The van der Waals surface area contributed by atoms with E-state index in [1.807, 2.05) is 0 Å². The number of carbonyl (C=O) groups is 1. The molecule has 0 aliphatic rings. The highest BCUT2D eigenvalue weighted by atomic mass is 16.4. The van der Waals surface area contributed by atoms with Crippen molar-refractivity contribution in [1.82, 2.24) is 15.5 Å². The van der Waals surface area contributed by atoms with E-state index in [9.17, 15) is 4.79 Å². The molecule has 0 bridgehead atoms. The zero-order valence-corrected chi connectivity index (χ0v) is 8.11. The number of nitrogens with two attached hydrogens (primary N) is 1. The van der Waals surface area contributed by atoms with Gasteiger partial charge in [-0.05, 0) is 6.92 Å². The Labute approximate surface area is 85.5 Å². The average molecular weight is 212 g/mol. The van der Waals surface area contributed by atoms with Gasteiger partial charge in [0.15, 0.2) is 5.84 Å². The molecule has 0 fully saturated rings. The van der Waals surface area contributed by atoms with Crippen molar-refractivity contribution in [3.63, 3.8) is 0 Å². The summed E-state index contributed by atoms with van der Waals surface area (Å²) >= 11 is 0. The number of amides is 2. The van der Waals surface area contributed by atoms with Crippen molar-refractivity contribution >= 4 is 17.7 Å². The number of hydrogen-bond acceptors (Lipinski definition) is 4. The van der Waals surface area contributed by atoms with E-state index in [0.717, 1.165) is 0 Å². The number of urea groups is 1. The number of nitrogens with one attached hydrogen (secondary N) is 3. The Morgan fingerprint density at radius 3 is 3.13 bits per heavy atom. The number of amidine groups is 1. The summed E-state index contributed by atoms with van der Waals surface area (Å²) in [6, 6.07) is -0.395. The maximum Gasteiger partial charge on any atom is 0.320 e. The molecule has 0 unspecified atom stereocenters. The smallest absolute Gasteiger partial charge is 0.320 e. The normalized spacial score (nSPS) is 11.1. The predicted octanol–water partition coefficient (Wildman–Crippen LogP) is -0.354. The predicted molar refractivity (Wildman–Crippen MR) is 53.8 cm³/mol. The summed E-state index contributed by atoms with van der Waals surface area (Å²) in [5, 5.41) is 22.4. The number of anilines is 1. The first kappa shape index (κ1) is 10.8. The molecule has 8 heteroatoms. The standard InChI is InChI=1S/C7H12N6O2/c1-2-9-7(14)11-6-4(3-10-12-6)5(8)13-15/h3,15H,2H2,1H3,(H2,8,13)(H3,9,10,11,12,14). The molecule has 0 saturated carbocycles. The molecule has 8 nitrogen and oxygen atoms in total. The SMILES string of the molecule is CCNC(=O)Nc1[nH]ncc1C(N)=NO. The number of hydrogen-bond donors (Lipinski definition) is 5. The quantitative estimate of drug-likeness (QED) is 0.203. The molecule has 82 valence electrons. The van der Waals surface area contributed by atoms with E-state index in [1.54, 1.807) is 6.92 Å². The van der Waals surface area contributed by atoms with Crippen LogP contribution in [0, 0.1) is 0 Å². The second kappa shape index (κ2) is 4.84. The fourth-order valence-corrected chi connectivity index (χ4v) is 0.948. The Kier molecular flexibility index (Phi) is 3.49. The van der Waals surface area contributed by atoms with Gasteiger partial charge in [0, 0.05) is 6.54 Å². The summed E-state index contributed by atoms with van der Waals surface area (Å²) in [4.78, 5) is 11.2. The summed E-state index contributed by atoms with van der Waals surface area (Å²) in [5.41, 5.74) is 5.68. The van der Waals surface area contributed by atoms with Crippen LogP contribution in [0.15, 0.2) is 11.4 Å².